The lowest BCUT2D eigenvalue weighted by molar-refractivity contribution is -0.133. The first-order valence-electron chi connectivity index (χ1n) is 16.3. The van der Waals surface area contributed by atoms with Gasteiger partial charge in [0.25, 0.3) is 0 Å². The predicted octanol–water partition coefficient (Wildman–Crippen LogP) is 4.82. The third-order valence-corrected chi connectivity index (χ3v) is 8.28. The highest BCUT2D eigenvalue weighted by atomic mass is 16.5. The van der Waals surface area contributed by atoms with Crippen LogP contribution >= 0.6 is 0 Å². The van der Waals surface area contributed by atoms with E-state index in [-0.39, 0.29) is 35.9 Å². The molecule has 0 unspecified atom stereocenters. The van der Waals surface area contributed by atoms with E-state index in [1.807, 2.05) is 95.3 Å². The van der Waals surface area contributed by atoms with Gasteiger partial charge in [0.2, 0.25) is 11.8 Å². The number of rotatable bonds is 13. The number of piperidine rings is 1. The lowest BCUT2D eigenvalue weighted by Crippen LogP contribution is -2.63. The van der Waals surface area contributed by atoms with Gasteiger partial charge >= 0.3 is 6.09 Å². The quantitative estimate of drug-likeness (QED) is 0.254. The molecule has 1 fully saturated rings. The Labute approximate surface area is 269 Å². The summed E-state index contributed by atoms with van der Waals surface area (Å²) in [5.41, 5.74) is 0.279. The summed E-state index contributed by atoms with van der Waals surface area (Å²) in [6, 6.07) is 17.4. The second-order valence-corrected chi connectivity index (χ2v) is 14.2. The van der Waals surface area contributed by atoms with Gasteiger partial charge in [-0.2, -0.15) is 0 Å². The van der Waals surface area contributed by atoms with Crippen LogP contribution in [0.3, 0.4) is 0 Å². The molecular formula is C36H54N4O5. The van der Waals surface area contributed by atoms with Gasteiger partial charge in [0.15, 0.2) is 0 Å². The molecule has 2 aromatic rings. The van der Waals surface area contributed by atoms with E-state index in [2.05, 4.69) is 34.7 Å². The predicted molar refractivity (Wildman–Crippen MR) is 177 cm³/mol. The van der Waals surface area contributed by atoms with Crippen LogP contribution in [0.4, 0.5) is 4.79 Å². The summed E-state index contributed by atoms with van der Waals surface area (Å²) >= 11 is 0. The molecule has 1 aliphatic heterocycles. The van der Waals surface area contributed by atoms with Gasteiger partial charge in [-0.1, -0.05) is 88.4 Å². The molecule has 3 amide bonds. The van der Waals surface area contributed by atoms with Gasteiger partial charge in [0.05, 0.1) is 17.7 Å². The summed E-state index contributed by atoms with van der Waals surface area (Å²) < 4.78 is 5.39. The van der Waals surface area contributed by atoms with E-state index in [0.717, 1.165) is 11.1 Å². The standard InChI is InChI=1S/C36H54N4O5/c1-25(2)22-29(32(41)39-35(5,6)7)40-20-18-36(44,19-21-40)30(23-27-14-10-8-11-15-27)37-33(42)31(26(3)4)38-34(43)45-24-28-16-12-9-13-17-28/h8-17,25-26,29-31,44H,18-24H2,1-7H3,(H,37,42)(H,38,43)(H,39,41)/t29-,30-,31-/m0/s1. The number of carbonyl (C=O) groups is 3. The van der Waals surface area contributed by atoms with Crippen molar-refractivity contribution in [2.24, 2.45) is 11.8 Å². The van der Waals surface area contributed by atoms with Crippen molar-refractivity contribution in [3.05, 3.63) is 71.8 Å². The largest absolute Gasteiger partial charge is 0.445 e. The Morgan fingerprint density at radius 2 is 1.42 bits per heavy atom. The van der Waals surface area contributed by atoms with Crippen LogP contribution < -0.4 is 16.0 Å². The fourth-order valence-electron chi connectivity index (χ4n) is 5.81. The molecule has 0 aliphatic carbocycles. The number of carbonyl (C=O) groups excluding carboxylic acids is 3. The van der Waals surface area contributed by atoms with Crippen molar-refractivity contribution < 1.29 is 24.2 Å². The van der Waals surface area contributed by atoms with Crippen molar-refractivity contribution in [3.63, 3.8) is 0 Å². The second-order valence-electron chi connectivity index (χ2n) is 14.2. The van der Waals surface area contributed by atoms with Crippen LogP contribution in [-0.4, -0.2) is 70.3 Å². The minimum absolute atomic E-state index is 0.000720. The number of amides is 3. The van der Waals surface area contributed by atoms with Crippen molar-refractivity contribution in [3.8, 4) is 0 Å². The number of hydrogen-bond donors (Lipinski definition) is 4. The fourth-order valence-corrected chi connectivity index (χ4v) is 5.81. The Balaban J connectivity index is 1.74. The molecule has 3 rings (SSSR count). The highest BCUT2D eigenvalue weighted by Gasteiger charge is 2.44. The van der Waals surface area contributed by atoms with Crippen LogP contribution in [0.25, 0.3) is 0 Å². The Morgan fingerprint density at radius 3 is 1.93 bits per heavy atom. The number of likely N-dealkylation sites (tertiary alicyclic amines) is 1. The molecule has 3 atom stereocenters. The van der Waals surface area contributed by atoms with Gasteiger partial charge < -0.3 is 25.8 Å². The summed E-state index contributed by atoms with van der Waals surface area (Å²) in [6.07, 6.45) is 1.24. The molecule has 1 heterocycles. The maximum Gasteiger partial charge on any atom is 0.408 e. The third kappa shape index (κ3) is 11.5. The molecule has 4 N–H and O–H groups in total. The summed E-state index contributed by atoms with van der Waals surface area (Å²) in [5, 5.41) is 21.1. The number of alkyl carbamates (subject to hydrolysis) is 1. The first kappa shape index (κ1) is 36.0. The average Bonchev–Trinajstić information content (AvgIpc) is 2.97. The fraction of sp³-hybridized carbons (Fsp3) is 0.583. The summed E-state index contributed by atoms with van der Waals surface area (Å²) in [4.78, 5) is 41.9. The van der Waals surface area contributed by atoms with Crippen molar-refractivity contribution >= 4 is 17.9 Å². The van der Waals surface area contributed by atoms with Gasteiger partial charge in [-0.3, -0.25) is 14.5 Å². The zero-order valence-electron chi connectivity index (χ0n) is 28.1. The molecule has 45 heavy (non-hydrogen) atoms. The molecule has 0 radical (unpaired) electrons. The molecule has 9 heteroatoms. The number of aliphatic hydroxyl groups is 1. The molecule has 0 saturated carbocycles. The van der Waals surface area contributed by atoms with E-state index in [1.54, 1.807) is 0 Å². The summed E-state index contributed by atoms with van der Waals surface area (Å²) in [7, 11) is 0. The van der Waals surface area contributed by atoms with E-state index >= 15 is 0 Å². The van der Waals surface area contributed by atoms with Gasteiger partial charge in [-0.15, -0.1) is 0 Å². The van der Waals surface area contributed by atoms with Crippen LogP contribution in [0.2, 0.25) is 0 Å². The molecule has 0 spiro atoms. The zero-order chi connectivity index (χ0) is 33.2. The number of nitrogens with one attached hydrogen (secondary N) is 3. The number of hydrogen-bond acceptors (Lipinski definition) is 6. The Hall–Kier alpha value is -3.43. The normalized spacial score (nSPS) is 17.3. The van der Waals surface area contributed by atoms with Gasteiger partial charge in [-0.25, -0.2) is 4.79 Å². The molecule has 9 nitrogen and oxygen atoms in total. The lowest BCUT2D eigenvalue weighted by Gasteiger charge is -2.46. The van der Waals surface area contributed by atoms with Gasteiger partial charge in [0.1, 0.15) is 12.6 Å². The summed E-state index contributed by atoms with van der Waals surface area (Å²) in [5.74, 6) is -0.269. The van der Waals surface area contributed by atoms with E-state index in [4.69, 9.17) is 4.74 Å². The number of nitrogens with zero attached hydrogens (tertiary/aromatic N) is 1. The SMILES string of the molecule is CC(C)C[C@@H](C(=O)NC(C)(C)C)N1CCC(O)([C@H](Cc2ccccc2)NC(=O)[C@@H](NC(=O)OCc2ccccc2)C(C)C)CC1. The highest BCUT2D eigenvalue weighted by molar-refractivity contribution is 5.86. The van der Waals surface area contributed by atoms with Crippen LogP contribution in [0.15, 0.2) is 60.7 Å². The average molecular weight is 623 g/mol. The smallest absolute Gasteiger partial charge is 0.408 e. The molecule has 1 saturated heterocycles. The van der Waals surface area contributed by atoms with Crippen LogP contribution in [0.5, 0.6) is 0 Å². The molecule has 1 aliphatic rings. The molecule has 0 aromatic heterocycles. The van der Waals surface area contributed by atoms with Gasteiger partial charge in [0, 0.05) is 18.6 Å². The zero-order valence-corrected chi connectivity index (χ0v) is 28.1. The first-order valence-corrected chi connectivity index (χ1v) is 16.3. The van der Waals surface area contributed by atoms with Crippen LogP contribution in [0, 0.1) is 11.8 Å². The number of benzene rings is 2. The monoisotopic (exact) mass is 622 g/mol. The van der Waals surface area contributed by atoms with Crippen molar-refractivity contribution in [2.75, 3.05) is 13.1 Å². The maximum absolute atomic E-state index is 13.7. The Kier molecular flexibility index (Phi) is 13.0. The lowest BCUT2D eigenvalue weighted by atomic mass is 9.80. The topological polar surface area (TPSA) is 120 Å². The van der Waals surface area contributed by atoms with Gasteiger partial charge in [-0.05, 0) is 69.4 Å². The summed E-state index contributed by atoms with van der Waals surface area (Å²) in [6.45, 7) is 15.0. The minimum Gasteiger partial charge on any atom is -0.445 e. The molecule has 248 valence electrons. The Bertz CT molecular complexity index is 1220. The van der Waals surface area contributed by atoms with Crippen molar-refractivity contribution in [1.29, 1.82) is 0 Å². The third-order valence-electron chi connectivity index (χ3n) is 8.28. The molecule has 0 bridgehead atoms. The second kappa shape index (κ2) is 16.2. The van der Waals surface area contributed by atoms with Crippen molar-refractivity contribution in [1.82, 2.24) is 20.9 Å². The van der Waals surface area contributed by atoms with Crippen molar-refractivity contribution in [2.45, 2.75) is 110 Å². The first-order chi connectivity index (χ1) is 21.2. The minimum atomic E-state index is -1.21. The highest BCUT2D eigenvalue weighted by Crippen LogP contribution is 2.30. The van der Waals surface area contributed by atoms with E-state index < -0.39 is 23.8 Å². The van der Waals surface area contributed by atoms with E-state index in [9.17, 15) is 19.5 Å². The Morgan fingerprint density at radius 1 is 0.867 bits per heavy atom. The molecule has 2 aromatic carbocycles. The van der Waals surface area contributed by atoms with Crippen LogP contribution in [-0.2, 0) is 27.4 Å². The van der Waals surface area contributed by atoms with Crippen LogP contribution in [0.1, 0.15) is 78.9 Å². The van der Waals surface area contributed by atoms with E-state index in [1.165, 1.54) is 0 Å². The molecular weight excluding hydrogens is 568 g/mol. The van der Waals surface area contributed by atoms with E-state index in [0.29, 0.717) is 44.7 Å². The maximum atomic E-state index is 13.7. The number of ether oxygens (including phenoxy) is 1.